The molecule has 0 saturated carbocycles. The van der Waals surface area contributed by atoms with Gasteiger partial charge in [0.2, 0.25) is 10.0 Å². The second kappa shape index (κ2) is 5.66. The zero-order chi connectivity index (χ0) is 15.6. The lowest BCUT2D eigenvalue weighted by Crippen LogP contribution is -2.21. The smallest absolute Gasteiger partial charge is 0.209 e. The summed E-state index contributed by atoms with van der Waals surface area (Å²) in [6, 6.07) is 4.17. The number of nitrogens with one attached hydrogen (secondary N) is 1. The van der Waals surface area contributed by atoms with Gasteiger partial charge in [-0.1, -0.05) is 0 Å². The van der Waals surface area contributed by atoms with E-state index >= 15 is 0 Å². The van der Waals surface area contributed by atoms with E-state index < -0.39 is 15.8 Å². The molecule has 1 heterocycles. The molecule has 21 heavy (non-hydrogen) atoms. The van der Waals surface area contributed by atoms with Crippen LogP contribution in [0.15, 0.2) is 30.6 Å². The number of hydrogen-bond donors (Lipinski definition) is 3. The standard InChI is InChI=1S/C13H15FN4O2S/c1-21(19,20)18-5-8-2-9(4-10(14)3-8)11-6-17-7-12(15)13(11)16/h2-4,6-7,18H,5,15H2,1H3,(H2,16,17). The Labute approximate surface area is 122 Å². The summed E-state index contributed by atoms with van der Waals surface area (Å²) in [6.45, 7) is -0.0146. The van der Waals surface area contributed by atoms with Crippen LogP contribution < -0.4 is 16.2 Å². The van der Waals surface area contributed by atoms with Crippen LogP contribution in [0, 0.1) is 5.82 Å². The van der Waals surface area contributed by atoms with E-state index in [0.29, 0.717) is 28.1 Å². The van der Waals surface area contributed by atoms with E-state index in [0.717, 1.165) is 6.26 Å². The lowest BCUT2D eigenvalue weighted by molar-refractivity contribution is 0.586. The van der Waals surface area contributed by atoms with Crippen LogP contribution in [0.25, 0.3) is 11.1 Å². The van der Waals surface area contributed by atoms with Crippen molar-refractivity contribution in [2.45, 2.75) is 6.54 Å². The third kappa shape index (κ3) is 3.89. The molecule has 0 fully saturated rings. The number of benzene rings is 1. The van der Waals surface area contributed by atoms with Gasteiger partial charge in [-0.2, -0.15) is 0 Å². The minimum Gasteiger partial charge on any atom is -0.396 e. The molecule has 112 valence electrons. The molecule has 0 aliphatic heterocycles. The molecule has 0 radical (unpaired) electrons. The summed E-state index contributed by atoms with van der Waals surface area (Å²) in [5.41, 5.74) is 13.6. The molecule has 8 heteroatoms. The number of nitrogens with two attached hydrogens (primary N) is 2. The predicted molar refractivity (Wildman–Crippen MR) is 80.1 cm³/mol. The van der Waals surface area contributed by atoms with Crippen LogP contribution in [0.4, 0.5) is 15.8 Å². The van der Waals surface area contributed by atoms with Crippen molar-refractivity contribution in [3.63, 3.8) is 0 Å². The zero-order valence-electron chi connectivity index (χ0n) is 11.3. The van der Waals surface area contributed by atoms with Gasteiger partial charge in [0.05, 0.1) is 23.8 Å². The van der Waals surface area contributed by atoms with Gasteiger partial charge in [-0.15, -0.1) is 0 Å². The van der Waals surface area contributed by atoms with Gasteiger partial charge in [-0.05, 0) is 29.3 Å². The summed E-state index contributed by atoms with van der Waals surface area (Å²) < 4.78 is 38.2. The fourth-order valence-electron chi connectivity index (χ4n) is 1.84. The SMILES string of the molecule is CS(=O)(=O)NCc1cc(F)cc(-c2cncc(N)c2N)c1. The molecule has 0 aliphatic carbocycles. The van der Waals surface area contributed by atoms with E-state index in [1.54, 1.807) is 6.07 Å². The maximum absolute atomic E-state index is 13.7. The normalized spacial score (nSPS) is 11.5. The Balaban J connectivity index is 2.41. The number of nitrogens with zero attached hydrogens (tertiary/aromatic N) is 1. The molecular formula is C13H15FN4O2S. The zero-order valence-corrected chi connectivity index (χ0v) is 12.1. The van der Waals surface area contributed by atoms with Crippen LogP contribution in [-0.2, 0) is 16.6 Å². The topological polar surface area (TPSA) is 111 Å². The van der Waals surface area contributed by atoms with Crippen molar-refractivity contribution < 1.29 is 12.8 Å². The van der Waals surface area contributed by atoms with Crippen LogP contribution in [0.5, 0.6) is 0 Å². The van der Waals surface area contributed by atoms with Crippen molar-refractivity contribution >= 4 is 21.4 Å². The molecule has 1 aromatic heterocycles. The van der Waals surface area contributed by atoms with Gasteiger partial charge in [0, 0.05) is 18.3 Å². The van der Waals surface area contributed by atoms with Gasteiger partial charge in [-0.25, -0.2) is 17.5 Å². The highest BCUT2D eigenvalue weighted by atomic mass is 32.2. The van der Waals surface area contributed by atoms with E-state index in [4.69, 9.17) is 11.5 Å². The number of anilines is 2. The molecule has 2 rings (SSSR count). The average molecular weight is 310 g/mol. The predicted octanol–water partition coefficient (Wildman–Crippen LogP) is 1.10. The highest BCUT2D eigenvalue weighted by molar-refractivity contribution is 7.88. The van der Waals surface area contributed by atoms with Crippen LogP contribution in [0.3, 0.4) is 0 Å². The summed E-state index contributed by atoms with van der Waals surface area (Å²) in [5.74, 6) is -0.500. The molecule has 0 saturated heterocycles. The summed E-state index contributed by atoms with van der Waals surface area (Å²) in [6.07, 6.45) is 3.92. The van der Waals surface area contributed by atoms with Crippen LogP contribution >= 0.6 is 0 Å². The first-order valence-electron chi connectivity index (χ1n) is 5.99. The number of nitrogen functional groups attached to an aromatic ring is 2. The Morgan fingerprint density at radius 1 is 1.24 bits per heavy atom. The number of aromatic nitrogens is 1. The number of sulfonamides is 1. The first kappa shape index (κ1) is 15.2. The summed E-state index contributed by atoms with van der Waals surface area (Å²) in [4.78, 5) is 3.93. The largest absolute Gasteiger partial charge is 0.396 e. The lowest BCUT2D eigenvalue weighted by atomic mass is 10.0. The average Bonchev–Trinajstić information content (AvgIpc) is 2.38. The molecule has 0 amide bonds. The number of pyridine rings is 1. The van der Waals surface area contributed by atoms with Crippen LogP contribution in [-0.4, -0.2) is 19.7 Å². The van der Waals surface area contributed by atoms with Gasteiger partial charge < -0.3 is 11.5 Å². The fourth-order valence-corrected chi connectivity index (χ4v) is 2.27. The first-order chi connectivity index (χ1) is 9.76. The van der Waals surface area contributed by atoms with Gasteiger partial charge in [0.15, 0.2) is 0 Å². The Kier molecular flexibility index (Phi) is 4.10. The van der Waals surface area contributed by atoms with E-state index in [-0.39, 0.29) is 6.54 Å². The van der Waals surface area contributed by atoms with Crippen LogP contribution in [0.2, 0.25) is 0 Å². The highest BCUT2D eigenvalue weighted by Crippen LogP contribution is 2.30. The Morgan fingerprint density at radius 3 is 2.62 bits per heavy atom. The van der Waals surface area contributed by atoms with Crippen molar-refractivity contribution in [3.8, 4) is 11.1 Å². The van der Waals surface area contributed by atoms with Crippen molar-refractivity contribution in [2.24, 2.45) is 0 Å². The summed E-state index contributed by atoms with van der Waals surface area (Å²) in [7, 11) is -3.36. The Hall–Kier alpha value is -2.19. The quantitative estimate of drug-likeness (QED) is 0.783. The second-order valence-electron chi connectivity index (χ2n) is 4.63. The summed E-state index contributed by atoms with van der Waals surface area (Å²) >= 11 is 0. The van der Waals surface area contributed by atoms with E-state index in [9.17, 15) is 12.8 Å². The molecule has 0 aliphatic rings. The molecule has 0 atom stereocenters. The number of rotatable bonds is 4. The number of halogens is 1. The van der Waals surface area contributed by atoms with Crippen molar-refractivity contribution in [1.82, 2.24) is 9.71 Å². The molecule has 0 bridgehead atoms. The third-order valence-corrected chi connectivity index (χ3v) is 3.49. The lowest BCUT2D eigenvalue weighted by Gasteiger charge is -2.10. The molecular weight excluding hydrogens is 295 g/mol. The highest BCUT2D eigenvalue weighted by Gasteiger charge is 2.10. The van der Waals surface area contributed by atoms with E-state index in [1.165, 1.54) is 24.5 Å². The monoisotopic (exact) mass is 310 g/mol. The molecule has 5 N–H and O–H groups in total. The minimum atomic E-state index is -3.36. The van der Waals surface area contributed by atoms with Crippen molar-refractivity contribution in [3.05, 3.63) is 42.0 Å². The molecule has 2 aromatic rings. The van der Waals surface area contributed by atoms with Gasteiger partial charge in [-0.3, -0.25) is 4.98 Å². The first-order valence-corrected chi connectivity index (χ1v) is 7.89. The maximum atomic E-state index is 13.7. The number of hydrogen-bond acceptors (Lipinski definition) is 5. The van der Waals surface area contributed by atoms with Gasteiger partial charge in [0.1, 0.15) is 5.82 Å². The fraction of sp³-hybridized carbons (Fsp3) is 0.154. The van der Waals surface area contributed by atoms with Crippen molar-refractivity contribution in [1.29, 1.82) is 0 Å². The van der Waals surface area contributed by atoms with Gasteiger partial charge in [0.25, 0.3) is 0 Å². The van der Waals surface area contributed by atoms with E-state index in [1.807, 2.05) is 0 Å². The Bertz CT molecular complexity index is 778. The van der Waals surface area contributed by atoms with Crippen molar-refractivity contribution in [2.75, 3.05) is 17.7 Å². The minimum absolute atomic E-state index is 0.0146. The molecule has 0 spiro atoms. The van der Waals surface area contributed by atoms with Crippen LogP contribution in [0.1, 0.15) is 5.56 Å². The molecule has 6 nitrogen and oxygen atoms in total. The maximum Gasteiger partial charge on any atom is 0.209 e. The summed E-state index contributed by atoms with van der Waals surface area (Å²) in [5, 5.41) is 0. The molecule has 1 aromatic carbocycles. The molecule has 0 unspecified atom stereocenters. The third-order valence-electron chi connectivity index (χ3n) is 2.83. The van der Waals surface area contributed by atoms with E-state index in [2.05, 4.69) is 9.71 Å². The Morgan fingerprint density at radius 2 is 1.95 bits per heavy atom. The second-order valence-corrected chi connectivity index (χ2v) is 6.46. The van der Waals surface area contributed by atoms with Gasteiger partial charge >= 0.3 is 0 Å².